The van der Waals surface area contributed by atoms with Gasteiger partial charge in [-0.15, -0.1) is 0 Å². The van der Waals surface area contributed by atoms with Gasteiger partial charge in [0.1, 0.15) is 0 Å². The molecule has 3 aromatic rings. The Morgan fingerprint density at radius 3 is 2.71 bits per heavy atom. The molecule has 146 valence electrons. The molecule has 1 saturated carbocycles. The molecule has 0 aliphatic heterocycles. The summed E-state index contributed by atoms with van der Waals surface area (Å²) < 4.78 is 29.4. The lowest BCUT2D eigenvalue weighted by Gasteiger charge is -2.09. The number of fused-ring (bicyclic) bond motifs is 1. The van der Waals surface area contributed by atoms with Gasteiger partial charge in [0.15, 0.2) is 9.84 Å². The monoisotopic (exact) mass is 399 g/mol. The molecule has 0 saturated heterocycles. The van der Waals surface area contributed by atoms with Crippen LogP contribution in [0.2, 0.25) is 0 Å². The summed E-state index contributed by atoms with van der Waals surface area (Å²) in [4.78, 5) is 17.3. The predicted molar refractivity (Wildman–Crippen MR) is 106 cm³/mol. The molecule has 28 heavy (non-hydrogen) atoms. The van der Waals surface area contributed by atoms with Gasteiger partial charge >= 0.3 is 0 Å². The van der Waals surface area contributed by atoms with Crippen molar-refractivity contribution in [2.24, 2.45) is 5.92 Å². The number of aryl methyl sites for hydroxylation is 1. The Morgan fingerprint density at radius 1 is 1.25 bits per heavy atom. The number of nitrogens with zero attached hydrogens (tertiary/aromatic N) is 2. The summed E-state index contributed by atoms with van der Waals surface area (Å²) in [5.41, 5.74) is 2.66. The van der Waals surface area contributed by atoms with E-state index in [4.69, 9.17) is 4.52 Å². The summed E-state index contributed by atoms with van der Waals surface area (Å²) in [5.74, 6) is 0.0919. The van der Waals surface area contributed by atoms with E-state index in [9.17, 15) is 13.2 Å². The van der Waals surface area contributed by atoms with E-state index in [0.717, 1.165) is 18.4 Å². The normalized spacial score (nSPS) is 14.3. The van der Waals surface area contributed by atoms with Gasteiger partial charge in [-0.2, -0.15) is 0 Å². The van der Waals surface area contributed by atoms with Crippen LogP contribution in [0.15, 0.2) is 40.9 Å². The lowest BCUT2D eigenvalue weighted by Crippen LogP contribution is -2.30. The zero-order chi connectivity index (χ0) is 19.7. The number of aromatic nitrogens is 2. The van der Waals surface area contributed by atoms with E-state index in [-0.39, 0.29) is 29.7 Å². The Hall–Kier alpha value is -2.74. The summed E-state index contributed by atoms with van der Waals surface area (Å²) >= 11 is 0. The minimum absolute atomic E-state index is 0.0579. The quantitative estimate of drug-likeness (QED) is 0.655. The highest BCUT2D eigenvalue weighted by Crippen LogP contribution is 2.30. The van der Waals surface area contributed by atoms with E-state index < -0.39 is 9.84 Å². The maximum Gasteiger partial charge on any atom is 0.259 e. The topological polar surface area (TPSA) is 102 Å². The third-order valence-corrected chi connectivity index (χ3v) is 6.62. The highest BCUT2D eigenvalue weighted by Gasteiger charge is 2.28. The van der Waals surface area contributed by atoms with Crippen LogP contribution in [0.25, 0.3) is 22.4 Å². The van der Waals surface area contributed by atoms with Crippen LogP contribution in [0.3, 0.4) is 0 Å². The van der Waals surface area contributed by atoms with Gasteiger partial charge in [-0.05, 0) is 31.7 Å². The maximum atomic E-state index is 12.8. The fraction of sp³-hybridized carbons (Fsp3) is 0.350. The molecule has 0 atom stereocenters. The van der Waals surface area contributed by atoms with Crippen LogP contribution in [0.4, 0.5) is 0 Å². The van der Waals surface area contributed by atoms with E-state index in [2.05, 4.69) is 15.5 Å². The van der Waals surface area contributed by atoms with E-state index in [1.165, 1.54) is 0 Å². The van der Waals surface area contributed by atoms with Crippen molar-refractivity contribution in [3.63, 3.8) is 0 Å². The number of rotatable bonds is 7. The Balaban J connectivity index is 1.57. The van der Waals surface area contributed by atoms with Crippen molar-refractivity contribution in [2.75, 3.05) is 18.1 Å². The second-order valence-corrected chi connectivity index (χ2v) is 9.41. The van der Waals surface area contributed by atoms with Crippen molar-refractivity contribution in [1.29, 1.82) is 0 Å². The molecule has 8 heteroatoms. The molecular formula is C20H21N3O4S. The zero-order valence-corrected chi connectivity index (χ0v) is 16.3. The van der Waals surface area contributed by atoms with Gasteiger partial charge in [0, 0.05) is 12.1 Å². The van der Waals surface area contributed by atoms with Crippen molar-refractivity contribution in [3.05, 3.63) is 47.7 Å². The van der Waals surface area contributed by atoms with Gasteiger partial charge in [-0.3, -0.25) is 4.79 Å². The van der Waals surface area contributed by atoms with Gasteiger partial charge in [0.2, 0.25) is 0 Å². The summed E-state index contributed by atoms with van der Waals surface area (Å²) in [6, 6.07) is 11.1. The lowest BCUT2D eigenvalue weighted by molar-refractivity contribution is 0.0957. The Bertz CT molecular complexity index is 1120. The lowest BCUT2D eigenvalue weighted by atomic mass is 10.1. The van der Waals surface area contributed by atoms with E-state index >= 15 is 0 Å². The molecule has 0 bridgehead atoms. The van der Waals surface area contributed by atoms with E-state index in [1.807, 2.05) is 30.3 Å². The Morgan fingerprint density at radius 2 is 2.00 bits per heavy atom. The molecule has 0 radical (unpaired) electrons. The molecule has 1 aliphatic rings. The molecule has 2 aromatic heterocycles. The van der Waals surface area contributed by atoms with Gasteiger partial charge < -0.3 is 9.84 Å². The largest absolute Gasteiger partial charge is 0.351 e. The standard InChI is InChI=1S/C20H21N3O4S/c1-13-18-16(19(24)21-9-10-28(25,26)12-14-7-8-14)11-17(22-20(18)27-23-13)15-5-3-2-4-6-15/h2-6,11,14H,7-10,12H2,1H3,(H,21,24). The molecule has 4 rings (SSSR count). The number of nitrogens with one attached hydrogen (secondary N) is 1. The number of hydrogen-bond donors (Lipinski definition) is 1. The third kappa shape index (κ3) is 4.06. The van der Waals surface area contributed by atoms with Crippen molar-refractivity contribution in [3.8, 4) is 11.3 Å². The third-order valence-electron chi connectivity index (χ3n) is 4.82. The first kappa shape index (κ1) is 18.6. The number of benzene rings is 1. The number of pyridine rings is 1. The molecular weight excluding hydrogens is 378 g/mol. The second-order valence-electron chi connectivity index (χ2n) is 7.18. The molecule has 1 aromatic carbocycles. The molecule has 7 nitrogen and oxygen atoms in total. The van der Waals surface area contributed by atoms with Crippen LogP contribution in [0.1, 0.15) is 28.9 Å². The predicted octanol–water partition coefficient (Wildman–Crippen LogP) is 2.75. The smallest absolute Gasteiger partial charge is 0.259 e. The van der Waals surface area contributed by atoms with Crippen molar-refractivity contribution in [1.82, 2.24) is 15.5 Å². The average Bonchev–Trinajstić information content (AvgIpc) is 3.40. The van der Waals surface area contributed by atoms with Crippen LogP contribution < -0.4 is 5.32 Å². The highest BCUT2D eigenvalue weighted by atomic mass is 32.2. The number of hydrogen-bond acceptors (Lipinski definition) is 6. The minimum atomic E-state index is -3.15. The first-order valence-electron chi connectivity index (χ1n) is 9.24. The van der Waals surface area contributed by atoms with E-state index in [0.29, 0.717) is 28.3 Å². The molecule has 0 unspecified atom stereocenters. The van der Waals surface area contributed by atoms with Crippen LogP contribution in [-0.2, 0) is 9.84 Å². The SMILES string of the molecule is Cc1noc2nc(-c3ccccc3)cc(C(=O)NCCS(=O)(=O)CC3CC3)c12. The summed E-state index contributed by atoms with van der Waals surface area (Å²) in [5, 5.41) is 7.18. The first-order valence-corrected chi connectivity index (χ1v) is 11.1. The number of carbonyl (C=O) groups is 1. The molecule has 1 N–H and O–H groups in total. The summed E-state index contributed by atoms with van der Waals surface area (Å²) in [7, 11) is -3.15. The first-order chi connectivity index (χ1) is 13.4. The van der Waals surface area contributed by atoms with Crippen molar-refractivity contribution < 1.29 is 17.7 Å². The van der Waals surface area contributed by atoms with Gasteiger partial charge in [-0.25, -0.2) is 13.4 Å². The van der Waals surface area contributed by atoms with Crippen LogP contribution >= 0.6 is 0 Å². The van der Waals surface area contributed by atoms with Gasteiger partial charge in [0.25, 0.3) is 11.6 Å². The van der Waals surface area contributed by atoms with Crippen molar-refractivity contribution in [2.45, 2.75) is 19.8 Å². The van der Waals surface area contributed by atoms with Crippen molar-refractivity contribution >= 4 is 26.8 Å². The average molecular weight is 399 g/mol. The maximum absolute atomic E-state index is 12.8. The molecule has 2 heterocycles. The molecule has 1 aliphatic carbocycles. The van der Waals surface area contributed by atoms with Crippen LogP contribution in [-0.4, -0.2) is 42.5 Å². The summed E-state index contributed by atoms with van der Waals surface area (Å²) in [6.07, 6.45) is 1.96. The number of sulfone groups is 1. The van der Waals surface area contributed by atoms with Gasteiger partial charge in [0.05, 0.1) is 33.8 Å². The summed E-state index contributed by atoms with van der Waals surface area (Å²) in [6.45, 7) is 1.81. The van der Waals surface area contributed by atoms with Crippen LogP contribution in [0, 0.1) is 12.8 Å². The van der Waals surface area contributed by atoms with E-state index in [1.54, 1.807) is 13.0 Å². The highest BCUT2D eigenvalue weighted by molar-refractivity contribution is 7.91. The molecule has 1 fully saturated rings. The Kier molecular flexibility index (Phi) is 4.89. The van der Waals surface area contributed by atoms with Gasteiger partial charge in [-0.1, -0.05) is 35.5 Å². The zero-order valence-electron chi connectivity index (χ0n) is 15.5. The minimum Gasteiger partial charge on any atom is -0.351 e. The molecule has 1 amide bonds. The number of carbonyl (C=O) groups excluding carboxylic acids is 1. The fourth-order valence-electron chi connectivity index (χ4n) is 3.17. The van der Waals surface area contributed by atoms with Crippen LogP contribution in [0.5, 0.6) is 0 Å². The fourth-order valence-corrected chi connectivity index (χ4v) is 4.80. The molecule has 0 spiro atoms. The number of amides is 1. The Labute approximate surface area is 163 Å². The second kappa shape index (κ2) is 7.35.